The van der Waals surface area contributed by atoms with Gasteiger partial charge in [-0.15, -0.1) is 4.57 Å². The number of hydrogen-bond donors (Lipinski definition) is 2. The lowest BCUT2D eigenvalue weighted by Crippen LogP contribution is -2.33. The van der Waals surface area contributed by atoms with Crippen molar-refractivity contribution in [1.82, 2.24) is 4.98 Å². The standard InChI is InChI=1S/C31H24N4O/c1-36-27-16-14-26(15-17-27)35-30-20-24(32-22-8-4-2-5-9-22)12-18-28(30)34-29-19-13-25(21-31(29)35)33-23-10-6-3-7-11-23/h2-21H,1H3,(H,32,33)/p+1. The van der Waals surface area contributed by atoms with Gasteiger partial charge >= 0.3 is 0 Å². The molecule has 6 rings (SSSR count). The van der Waals surface area contributed by atoms with Crippen molar-refractivity contribution >= 4 is 44.8 Å². The topological polar surface area (TPSA) is 50.1 Å². The van der Waals surface area contributed by atoms with E-state index < -0.39 is 0 Å². The first-order valence-electron chi connectivity index (χ1n) is 11.8. The Morgan fingerprint density at radius 1 is 0.556 bits per heavy atom. The van der Waals surface area contributed by atoms with Gasteiger partial charge in [-0.1, -0.05) is 36.4 Å². The van der Waals surface area contributed by atoms with E-state index in [1.54, 1.807) is 7.11 Å². The quantitative estimate of drug-likeness (QED) is 0.201. The number of methoxy groups -OCH3 is 1. The molecule has 0 atom stereocenters. The normalized spacial score (nSPS) is 10.9. The first-order valence-corrected chi connectivity index (χ1v) is 11.8. The molecule has 0 saturated heterocycles. The van der Waals surface area contributed by atoms with Crippen LogP contribution in [0, 0.1) is 0 Å². The molecule has 0 spiro atoms. The van der Waals surface area contributed by atoms with Crippen LogP contribution in [0.2, 0.25) is 0 Å². The van der Waals surface area contributed by atoms with Crippen molar-refractivity contribution in [2.24, 2.45) is 0 Å². The van der Waals surface area contributed by atoms with E-state index >= 15 is 0 Å². The van der Waals surface area contributed by atoms with E-state index in [0.29, 0.717) is 0 Å². The summed E-state index contributed by atoms with van der Waals surface area (Å²) in [7, 11) is 1.68. The predicted molar refractivity (Wildman–Crippen MR) is 147 cm³/mol. The maximum Gasteiger partial charge on any atom is 0.239 e. The molecule has 36 heavy (non-hydrogen) atoms. The fourth-order valence-electron chi connectivity index (χ4n) is 4.39. The molecule has 5 aromatic carbocycles. The number of fused-ring (bicyclic) bond motifs is 2. The first kappa shape index (κ1) is 21.6. The molecular formula is C31H25N4O+. The number of ether oxygens (including phenoxy) is 1. The molecule has 0 amide bonds. The molecule has 6 aromatic rings. The summed E-state index contributed by atoms with van der Waals surface area (Å²) >= 11 is 0. The second-order valence-corrected chi connectivity index (χ2v) is 8.53. The highest BCUT2D eigenvalue weighted by atomic mass is 16.5. The predicted octanol–water partition coefficient (Wildman–Crippen LogP) is 7.16. The van der Waals surface area contributed by atoms with Gasteiger partial charge in [0.05, 0.1) is 7.11 Å². The van der Waals surface area contributed by atoms with E-state index in [1.165, 1.54) is 0 Å². The van der Waals surface area contributed by atoms with Crippen molar-refractivity contribution in [1.29, 1.82) is 0 Å². The summed E-state index contributed by atoms with van der Waals surface area (Å²) in [6, 6.07) is 41.0. The van der Waals surface area contributed by atoms with Gasteiger partial charge in [0.1, 0.15) is 16.8 Å². The Morgan fingerprint density at radius 2 is 1.06 bits per heavy atom. The van der Waals surface area contributed by atoms with Crippen LogP contribution in [0.5, 0.6) is 5.75 Å². The zero-order valence-electron chi connectivity index (χ0n) is 19.8. The lowest BCUT2D eigenvalue weighted by Gasteiger charge is -2.11. The average molecular weight is 470 g/mol. The Morgan fingerprint density at radius 3 is 1.53 bits per heavy atom. The van der Waals surface area contributed by atoms with Gasteiger partial charge in [0, 0.05) is 47.0 Å². The van der Waals surface area contributed by atoms with Crippen LogP contribution in [-0.4, -0.2) is 12.1 Å². The summed E-state index contributed by atoms with van der Waals surface area (Å²) in [5.41, 5.74) is 8.94. The van der Waals surface area contributed by atoms with Gasteiger partial charge in [-0.3, -0.25) is 0 Å². The summed E-state index contributed by atoms with van der Waals surface area (Å²) in [6.45, 7) is 0. The van der Waals surface area contributed by atoms with E-state index in [9.17, 15) is 0 Å². The molecule has 5 heteroatoms. The number of aromatic nitrogens is 2. The van der Waals surface area contributed by atoms with E-state index in [0.717, 1.165) is 56.3 Å². The van der Waals surface area contributed by atoms with Crippen molar-refractivity contribution in [2.45, 2.75) is 0 Å². The fraction of sp³-hybridized carbons (Fsp3) is 0.0323. The molecule has 0 radical (unpaired) electrons. The van der Waals surface area contributed by atoms with Crippen LogP contribution in [0.25, 0.3) is 27.8 Å². The Balaban J connectivity index is 1.55. The number of benzene rings is 5. The largest absolute Gasteiger partial charge is 0.497 e. The minimum absolute atomic E-state index is 0.819. The van der Waals surface area contributed by atoms with Crippen LogP contribution in [0.3, 0.4) is 0 Å². The number of nitrogens with one attached hydrogen (secondary N) is 2. The van der Waals surface area contributed by atoms with Crippen molar-refractivity contribution < 1.29 is 9.30 Å². The van der Waals surface area contributed by atoms with Crippen LogP contribution >= 0.6 is 0 Å². The van der Waals surface area contributed by atoms with E-state index in [4.69, 9.17) is 9.72 Å². The fourth-order valence-corrected chi connectivity index (χ4v) is 4.39. The molecule has 0 bridgehead atoms. The molecule has 5 nitrogen and oxygen atoms in total. The Kier molecular flexibility index (Phi) is 5.64. The maximum absolute atomic E-state index is 5.41. The number of anilines is 4. The zero-order valence-corrected chi connectivity index (χ0v) is 19.8. The van der Waals surface area contributed by atoms with Crippen molar-refractivity contribution in [3.63, 3.8) is 0 Å². The van der Waals surface area contributed by atoms with Crippen LogP contribution in [0.1, 0.15) is 0 Å². The van der Waals surface area contributed by atoms with E-state index in [2.05, 4.69) is 88.0 Å². The molecule has 0 saturated carbocycles. The lowest BCUT2D eigenvalue weighted by atomic mass is 10.1. The molecular weight excluding hydrogens is 444 g/mol. The van der Waals surface area contributed by atoms with Gasteiger partial charge in [-0.05, 0) is 60.7 Å². The molecule has 0 aliphatic heterocycles. The SMILES string of the molecule is COc1ccc(-[n+]2c3cc(Nc4ccccc4)ccc3nc3ccc(Nc4ccccc4)cc32)cc1. The van der Waals surface area contributed by atoms with Crippen molar-refractivity contribution in [2.75, 3.05) is 17.7 Å². The summed E-state index contributed by atoms with van der Waals surface area (Å²) in [5, 5.41) is 7.02. The first-order chi connectivity index (χ1) is 17.8. The lowest BCUT2D eigenvalue weighted by molar-refractivity contribution is -0.538. The number of hydrogen-bond acceptors (Lipinski definition) is 4. The van der Waals surface area contributed by atoms with Gasteiger partial charge < -0.3 is 15.4 Å². The molecule has 1 heterocycles. The third-order valence-corrected chi connectivity index (χ3v) is 6.13. The van der Waals surface area contributed by atoms with Gasteiger partial charge in [0.2, 0.25) is 16.7 Å². The smallest absolute Gasteiger partial charge is 0.239 e. The van der Waals surface area contributed by atoms with Gasteiger partial charge in [0.15, 0.2) is 0 Å². The zero-order chi connectivity index (χ0) is 24.3. The highest BCUT2D eigenvalue weighted by molar-refractivity contribution is 5.87. The molecule has 0 aliphatic rings. The highest BCUT2D eigenvalue weighted by Gasteiger charge is 2.21. The highest BCUT2D eigenvalue weighted by Crippen LogP contribution is 2.26. The van der Waals surface area contributed by atoms with Gasteiger partial charge in [0.25, 0.3) is 0 Å². The van der Waals surface area contributed by atoms with Gasteiger partial charge in [-0.2, -0.15) is 0 Å². The minimum atomic E-state index is 0.819. The summed E-state index contributed by atoms with van der Waals surface area (Å²) in [5.74, 6) is 0.819. The molecule has 1 aromatic heterocycles. The minimum Gasteiger partial charge on any atom is -0.497 e. The van der Waals surface area contributed by atoms with Crippen LogP contribution in [-0.2, 0) is 0 Å². The third kappa shape index (κ3) is 4.30. The van der Waals surface area contributed by atoms with Crippen LogP contribution in [0.4, 0.5) is 22.7 Å². The average Bonchev–Trinajstić information content (AvgIpc) is 2.93. The second kappa shape index (κ2) is 9.39. The number of rotatable bonds is 6. The molecule has 2 N–H and O–H groups in total. The third-order valence-electron chi connectivity index (χ3n) is 6.13. The maximum atomic E-state index is 5.41. The van der Waals surface area contributed by atoms with Crippen molar-refractivity contribution in [3.8, 4) is 11.4 Å². The summed E-state index contributed by atoms with van der Waals surface area (Å²) in [6.07, 6.45) is 0. The van der Waals surface area contributed by atoms with Crippen LogP contribution < -0.4 is 19.9 Å². The summed E-state index contributed by atoms with van der Waals surface area (Å²) in [4.78, 5) is 4.99. The Bertz CT molecular complexity index is 1550. The molecule has 0 fully saturated rings. The number of para-hydroxylation sites is 2. The van der Waals surface area contributed by atoms with Crippen molar-refractivity contribution in [3.05, 3.63) is 121 Å². The van der Waals surface area contributed by atoms with E-state index in [-0.39, 0.29) is 0 Å². The molecule has 0 unspecified atom stereocenters. The Hall–Kier alpha value is -4.90. The molecule has 0 aliphatic carbocycles. The van der Waals surface area contributed by atoms with Crippen LogP contribution in [0.15, 0.2) is 121 Å². The molecule has 174 valence electrons. The second-order valence-electron chi connectivity index (χ2n) is 8.53. The van der Waals surface area contributed by atoms with E-state index in [1.807, 2.05) is 48.5 Å². The monoisotopic (exact) mass is 469 g/mol. The van der Waals surface area contributed by atoms with Gasteiger partial charge in [-0.25, -0.2) is 4.98 Å². The Labute approximate surface area is 209 Å². The summed E-state index contributed by atoms with van der Waals surface area (Å²) < 4.78 is 7.66. The number of nitrogens with zero attached hydrogens (tertiary/aromatic N) is 2.